The van der Waals surface area contributed by atoms with Crippen molar-refractivity contribution in [2.45, 2.75) is 39.7 Å². The van der Waals surface area contributed by atoms with Gasteiger partial charge in [-0.3, -0.25) is 5.10 Å². The third kappa shape index (κ3) is 2.61. The molecule has 0 aliphatic carbocycles. The third-order valence-corrected chi connectivity index (χ3v) is 3.81. The largest absolute Gasteiger partial charge is 0.480 e. The van der Waals surface area contributed by atoms with Gasteiger partial charge in [0.05, 0.1) is 17.1 Å². The molecular weight excluding hydrogens is 260 g/mol. The first-order chi connectivity index (χ1) is 9.41. The third-order valence-electron chi connectivity index (χ3n) is 3.81. The average molecular weight is 280 g/mol. The second-order valence-electron chi connectivity index (χ2n) is 5.34. The van der Waals surface area contributed by atoms with Crippen molar-refractivity contribution in [3.8, 4) is 0 Å². The Bertz CT molecular complexity index is 506. The van der Waals surface area contributed by atoms with Gasteiger partial charge in [-0.1, -0.05) is 6.92 Å². The number of anilines is 1. The Morgan fingerprint density at radius 3 is 2.70 bits per heavy atom. The molecule has 2 unspecified atom stereocenters. The van der Waals surface area contributed by atoms with Crippen LogP contribution < -0.4 is 5.32 Å². The van der Waals surface area contributed by atoms with Crippen molar-refractivity contribution in [3.63, 3.8) is 0 Å². The van der Waals surface area contributed by atoms with E-state index in [2.05, 4.69) is 15.5 Å². The summed E-state index contributed by atoms with van der Waals surface area (Å²) in [4.78, 5) is 25.1. The lowest BCUT2D eigenvalue weighted by Gasteiger charge is -2.37. The molecule has 110 valence electrons. The number of H-pyrrole nitrogens is 1. The standard InChI is InChI=1S/C13H20N4O3/c1-7-5-4-6-17(11(7)12(18)19)13(20)14-10-8(2)15-16-9(10)3/h7,11H,4-6H2,1-3H3,(H,14,20)(H,15,16)(H,18,19). The van der Waals surface area contributed by atoms with Crippen molar-refractivity contribution < 1.29 is 14.7 Å². The summed E-state index contributed by atoms with van der Waals surface area (Å²) < 4.78 is 0. The molecule has 0 aromatic carbocycles. The Kier molecular flexibility index (Phi) is 3.96. The van der Waals surface area contributed by atoms with Crippen LogP contribution >= 0.6 is 0 Å². The van der Waals surface area contributed by atoms with Gasteiger partial charge in [0.2, 0.25) is 0 Å². The van der Waals surface area contributed by atoms with Crippen LogP contribution in [0.3, 0.4) is 0 Å². The first kappa shape index (κ1) is 14.4. The summed E-state index contributed by atoms with van der Waals surface area (Å²) in [6.45, 7) is 5.92. The number of piperidine rings is 1. The van der Waals surface area contributed by atoms with E-state index in [0.29, 0.717) is 17.9 Å². The molecule has 1 aromatic rings. The van der Waals surface area contributed by atoms with Crippen LogP contribution in [0.5, 0.6) is 0 Å². The summed E-state index contributed by atoms with van der Waals surface area (Å²) in [6, 6.07) is -1.15. The fraction of sp³-hybridized carbons (Fsp3) is 0.615. The van der Waals surface area contributed by atoms with Gasteiger partial charge in [0, 0.05) is 6.54 Å². The number of aromatic amines is 1. The fourth-order valence-electron chi connectivity index (χ4n) is 2.71. The number of aliphatic carboxylic acids is 1. The maximum absolute atomic E-state index is 12.3. The van der Waals surface area contributed by atoms with Crippen molar-refractivity contribution in [3.05, 3.63) is 11.4 Å². The van der Waals surface area contributed by atoms with Gasteiger partial charge in [-0.15, -0.1) is 0 Å². The van der Waals surface area contributed by atoms with E-state index < -0.39 is 12.0 Å². The highest BCUT2D eigenvalue weighted by molar-refractivity contribution is 5.93. The molecule has 2 rings (SSSR count). The van der Waals surface area contributed by atoms with E-state index >= 15 is 0 Å². The van der Waals surface area contributed by atoms with Crippen LogP contribution in [-0.4, -0.2) is 44.8 Å². The summed E-state index contributed by atoms with van der Waals surface area (Å²) in [7, 11) is 0. The van der Waals surface area contributed by atoms with Gasteiger partial charge in [0.15, 0.2) is 0 Å². The number of carbonyl (C=O) groups excluding carboxylic acids is 1. The van der Waals surface area contributed by atoms with Gasteiger partial charge < -0.3 is 15.3 Å². The summed E-state index contributed by atoms with van der Waals surface area (Å²) in [5.41, 5.74) is 2.07. The van der Waals surface area contributed by atoms with Crippen LogP contribution in [-0.2, 0) is 4.79 Å². The quantitative estimate of drug-likeness (QED) is 0.768. The lowest BCUT2D eigenvalue weighted by molar-refractivity contribution is -0.145. The number of urea groups is 1. The Balaban J connectivity index is 2.17. The molecule has 2 amide bonds. The van der Waals surface area contributed by atoms with E-state index in [1.54, 1.807) is 6.92 Å². The zero-order chi connectivity index (χ0) is 14.9. The van der Waals surface area contributed by atoms with Crippen molar-refractivity contribution in [2.24, 2.45) is 5.92 Å². The number of carboxylic acid groups (broad SMARTS) is 1. The zero-order valence-electron chi connectivity index (χ0n) is 11.9. The topological polar surface area (TPSA) is 98.3 Å². The second-order valence-corrected chi connectivity index (χ2v) is 5.34. The Morgan fingerprint density at radius 1 is 1.45 bits per heavy atom. The SMILES string of the molecule is Cc1n[nH]c(C)c1NC(=O)N1CCCC(C)C1C(=O)O. The van der Waals surface area contributed by atoms with Gasteiger partial charge in [-0.2, -0.15) is 5.10 Å². The van der Waals surface area contributed by atoms with E-state index in [0.717, 1.165) is 18.5 Å². The van der Waals surface area contributed by atoms with Crippen molar-refractivity contribution in [1.29, 1.82) is 0 Å². The molecule has 20 heavy (non-hydrogen) atoms. The number of hydrogen-bond donors (Lipinski definition) is 3. The maximum atomic E-state index is 12.3. The monoisotopic (exact) mass is 280 g/mol. The number of aromatic nitrogens is 2. The first-order valence-corrected chi connectivity index (χ1v) is 6.73. The zero-order valence-corrected chi connectivity index (χ0v) is 11.9. The minimum absolute atomic E-state index is 0.0430. The molecule has 2 atom stereocenters. The van der Waals surface area contributed by atoms with E-state index in [9.17, 15) is 14.7 Å². The number of likely N-dealkylation sites (tertiary alicyclic amines) is 1. The maximum Gasteiger partial charge on any atom is 0.326 e. The number of hydrogen-bond acceptors (Lipinski definition) is 3. The molecule has 1 aliphatic rings. The molecule has 0 bridgehead atoms. The fourth-order valence-corrected chi connectivity index (χ4v) is 2.71. The van der Waals surface area contributed by atoms with Crippen LogP contribution in [0.15, 0.2) is 0 Å². The highest BCUT2D eigenvalue weighted by Crippen LogP contribution is 2.25. The predicted molar refractivity (Wildman–Crippen MR) is 73.6 cm³/mol. The minimum atomic E-state index is -0.951. The lowest BCUT2D eigenvalue weighted by Crippen LogP contribution is -2.53. The van der Waals surface area contributed by atoms with E-state index in [1.807, 2.05) is 13.8 Å². The van der Waals surface area contributed by atoms with Gasteiger partial charge >= 0.3 is 12.0 Å². The molecule has 0 saturated carbocycles. The number of carboxylic acids is 1. The number of aryl methyl sites for hydroxylation is 2. The first-order valence-electron chi connectivity index (χ1n) is 6.73. The molecule has 1 fully saturated rings. The summed E-state index contributed by atoms with van der Waals surface area (Å²) in [6.07, 6.45) is 1.65. The normalized spacial score (nSPS) is 22.6. The molecule has 7 nitrogen and oxygen atoms in total. The van der Waals surface area contributed by atoms with Crippen molar-refractivity contribution in [2.75, 3.05) is 11.9 Å². The van der Waals surface area contributed by atoms with Crippen LogP contribution in [0.1, 0.15) is 31.2 Å². The van der Waals surface area contributed by atoms with Crippen molar-refractivity contribution >= 4 is 17.7 Å². The van der Waals surface area contributed by atoms with E-state index in [1.165, 1.54) is 4.90 Å². The van der Waals surface area contributed by atoms with Crippen LogP contribution in [0.25, 0.3) is 0 Å². The highest BCUT2D eigenvalue weighted by Gasteiger charge is 2.37. The molecular formula is C13H20N4O3. The average Bonchev–Trinajstić information content (AvgIpc) is 2.69. The number of nitrogens with zero attached hydrogens (tertiary/aromatic N) is 2. The number of rotatable bonds is 2. The Morgan fingerprint density at radius 2 is 2.15 bits per heavy atom. The van der Waals surface area contributed by atoms with Crippen LogP contribution in [0.4, 0.5) is 10.5 Å². The van der Waals surface area contributed by atoms with Gasteiger partial charge in [0.1, 0.15) is 6.04 Å². The molecule has 0 spiro atoms. The number of amides is 2. The lowest BCUT2D eigenvalue weighted by atomic mass is 9.91. The highest BCUT2D eigenvalue weighted by atomic mass is 16.4. The van der Waals surface area contributed by atoms with Gasteiger partial charge in [-0.25, -0.2) is 9.59 Å². The Labute approximate surface area is 117 Å². The predicted octanol–water partition coefficient (Wildman–Crippen LogP) is 1.74. The molecule has 7 heteroatoms. The number of carbonyl (C=O) groups is 2. The molecule has 1 aromatic heterocycles. The summed E-state index contributed by atoms with van der Waals surface area (Å²) >= 11 is 0. The second kappa shape index (κ2) is 5.52. The van der Waals surface area contributed by atoms with E-state index in [-0.39, 0.29) is 11.9 Å². The molecule has 1 aliphatic heterocycles. The van der Waals surface area contributed by atoms with Gasteiger partial charge in [-0.05, 0) is 32.6 Å². The molecule has 1 saturated heterocycles. The number of nitrogens with one attached hydrogen (secondary N) is 2. The van der Waals surface area contributed by atoms with Crippen molar-refractivity contribution in [1.82, 2.24) is 15.1 Å². The minimum Gasteiger partial charge on any atom is -0.480 e. The van der Waals surface area contributed by atoms with E-state index in [4.69, 9.17) is 0 Å². The molecule has 0 radical (unpaired) electrons. The molecule has 2 heterocycles. The summed E-state index contributed by atoms with van der Waals surface area (Å²) in [5, 5.41) is 18.9. The smallest absolute Gasteiger partial charge is 0.326 e. The summed E-state index contributed by atoms with van der Waals surface area (Å²) in [5.74, 6) is -0.994. The molecule has 3 N–H and O–H groups in total. The van der Waals surface area contributed by atoms with Gasteiger partial charge in [0.25, 0.3) is 0 Å². The Hall–Kier alpha value is -2.05. The van der Waals surface area contributed by atoms with Crippen LogP contribution in [0, 0.1) is 19.8 Å². The van der Waals surface area contributed by atoms with Crippen LogP contribution in [0.2, 0.25) is 0 Å².